The van der Waals surface area contributed by atoms with E-state index in [0.717, 1.165) is 16.1 Å². The van der Waals surface area contributed by atoms with Crippen molar-refractivity contribution >= 4 is 33.3 Å². The van der Waals surface area contributed by atoms with Crippen LogP contribution in [0.3, 0.4) is 0 Å². The molecule has 0 spiro atoms. The number of amides is 1. The maximum absolute atomic E-state index is 13.4. The van der Waals surface area contributed by atoms with Gasteiger partial charge in [-0.2, -0.15) is 13.2 Å². The number of hydrogen-bond acceptors (Lipinski definition) is 7. The third-order valence-corrected chi connectivity index (χ3v) is 9.27. The average molecular weight is 505 g/mol. The lowest BCUT2D eigenvalue weighted by Crippen LogP contribution is -2.52. The summed E-state index contributed by atoms with van der Waals surface area (Å²) in [5, 5.41) is 0.760. The Hall–Kier alpha value is -1.95. The summed E-state index contributed by atoms with van der Waals surface area (Å²) in [7, 11) is -3.08. The number of rotatable bonds is 3. The van der Waals surface area contributed by atoms with E-state index in [1.807, 2.05) is 11.8 Å². The molecule has 33 heavy (non-hydrogen) atoms. The van der Waals surface area contributed by atoms with Gasteiger partial charge in [-0.3, -0.25) is 4.79 Å². The Labute approximate surface area is 195 Å². The molecule has 3 aliphatic rings. The molecule has 0 N–H and O–H groups in total. The van der Waals surface area contributed by atoms with Gasteiger partial charge in [-0.05, 0) is 31.8 Å². The third kappa shape index (κ3) is 5.26. The van der Waals surface area contributed by atoms with Crippen molar-refractivity contribution in [2.75, 3.05) is 31.1 Å². The summed E-state index contributed by atoms with van der Waals surface area (Å²) < 4.78 is 63.1. The molecule has 3 unspecified atom stereocenters. The first-order chi connectivity index (χ1) is 15.4. The number of aromatic nitrogens is 1. The lowest BCUT2D eigenvalue weighted by Gasteiger charge is -2.43. The van der Waals surface area contributed by atoms with Gasteiger partial charge < -0.3 is 9.80 Å². The molecule has 4 rings (SSSR count). The van der Waals surface area contributed by atoms with Crippen LogP contribution in [0.4, 0.5) is 13.2 Å². The summed E-state index contributed by atoms with van der Waals surface area (Å²) in [4.78, 5) is 26.6. The number of carbonyl (C=O) groups excluding carboxylic acids is 1. The molecule has 0 bridgehead atoms. The van der Waals surface area contributed by atoms with Crippen LogP contribution >= 0.6 is 11.3 Å². The lowest BCUT2D eigenvalue weighted by atomic mass is 9.92. The Balaban J connectivity index is 1.53. The normalized spacial score (nSPS) is 28.6. The zero-order valence-corrected chi connectivity index (χ0v) is 20.1. The van der Waals surface area contributed by atoms with Gasteiger partial charge in [0, 0.05) is 42.8 Å². The summed E-state index contributed by atoms with van der Waals surface area (Å²) in [6, 6.07) is -0.366. The van der Waals surface area contributed by atoms with Crippen LogP contribution in [0.2, 0.25) is 0 Å². The van der Waals surface area contributed by atoms with Crippen LogP contribution in [0.5, 0.6) is 0 Å². The third-order valence-electron chi connectivity index (χ3n) is 6.54. The molecule has 7 nitrogen and oxygen atoms in total. The Kier molecular flexibility index (Phi) is 6.60. The van der Waals surface area contributed by atoms with Gasteiger partial charge in [-0.1, -0.05) is 6.92 Å². The van der Waals surface area contributed by atoms with E-state index < -0.39 is 27.8 Å². The number of allylic oxidation sites excluding steroid dienone is 1. The first-order valence-electron chi connectivity index (χ1n) is 11.0. The minimum Gasteiger partial charge on any atom is -0.353 e. The molecule has 12 heteroatoms. The molecule has 1 amide bonds. The second kappa shape index (κ2) is 9.01. The van der Waals surface area contributed by atoms with Crippen molar-refractivity contribution in [1.82, 2.24) is 14.8 Å². The van der Waals surface area contributed by atoms with Crippen molar-refractivity contribution < 1.29 is 26.4 Å². The first-order valence-corrected chi connectivity index (χ1v) is 13.6. The number of thiazole rings is 1. The molecule has 0 aliphatic carbocycles. The smallest absolute Gasteiger partial charge is 0.353 e. The van der Waals surface area contributed by atoms with Crippen molar-refractivity contribution in [2.24, 2.45) is 22.7 Å². The maximum atomic E-state index is 13.4. The topological polar surface area (TPSA) is 82.9 Å². The summed E-state index contributed by atoms with van der Waals surface area (Å²) in [5.41, 5.74) is 0. The maximum Gasteiger partial charge on any atom is 0.397 e. The number of nitrogens with zero attached hydrogens (tertiary/aromatic N) is 4. The lowest BCUT2D eigenvalue weighted by molar-refractivity contribution is -0.162. The molecule has 2 saturated heterocycles. The monoisotopic (exact) mass is 504 g/mol. The zero-order chi connectivity index (χ0) is 24.0. The number of alkyl halides is 3. The Morgan fingerprint density at radius 2 is 1.91 bits per heavy atom. The SMILES string of the molecule is Cc1cnc(C2CN(C3=CC(C)C(C(F)(F)F)C=N3)CCN2C(=O)C2CCS(=O)(=O)CC2)s1. The van der Waals surface area contributed by atoms with Crippen molar-refractivity contribution in [3.05, 3.63) is 28.0 Å². The van der Waals surface area contributed by atoms with Crippen LogP contribution < -0.4 is 0 Å². The highest BCUT2D eigenvalue weighted by atomic mass is 32.2. The van der Waals surface area contributed by atoms with E-state index in [1.54, 1.807) is 17.2 Å². The first kappa shape index (κ1) is 24.2. The standard InChI is InChI=1S/C21H27F3N4O3S2/c1-13-9-18(25-11-16(13)21(22,23)24)27-5-6-28(17(12-27)19-26-10-14(2)32-19)20(29)15-3-7-33(30,31)8-4-15/h9-11,13,15-17H,3-8,12H2,1-2H3. The number of sulfone groups is 1. The van der Waals surface area contributed by atoms with Gasteiger partial charge in [-0.25, -0.2) is 18.4 Å². The molecular weight excluding hydrogens is 477 g/mol. The van der Waals surface area contributed by atoms with Gasteiger partial charge in [0.15, 0.2) is 0 Å². The Morgan fingerprint density at radius 1 is 1.21 bits per heavy atom. The molecule has 2 fully saturated rings. The van der Waals surface area contributed by atoms with Gasteiger partial charge >= 0.3 is 6.18 Å². The predicted molar refractivity (Wildman–Crippen MR) is 120 cm³/mol. The van der Waals surface area contributed by atoms with Gasteiger partial charge in [0.25, 0.3) is 0 Å². The van der Waals surface area contributed by atoms with Crippen molar-refractivity contribution in [1.29, 1.82) is 0 Å². The van der Waals surface area contributed by atoms with Gasteiger partial charge in [0.1, 0.15) is 26.7 Å². The molecule has 0 aromatic carbocycles. The fourth-order valence-electron chi connectivity index (χ4n) is 4.61. The largest absolute Gasteiger partial charge is 0.397 e. The predicted octanol–water partition coefficient (Wildman–Crippen LogP) is 3.20. The van der Waals surface area contributed by atoms with Crippen molar-refractivity contribution in [2.45, 2.75) is 38.9 Å². The minimum absolute atomic E-state index is 0.0181. The molecule has 1 aromatic rings. The molecule has 3 atom stereocenters. The van der Waals surface area contributed by atoms with E-state index in [-0.39, 0.29) is 29.4 Å². The molecule has 1 aromatic heterocycles. The molecule has 0 radical (unpaired) electrons. The highest BCUT2D eigenvalue weighted by Crippen LogP contribution is 2.37. The Bertz CT molecular complexity index is 1050. The van der Waals surface area contributed by atoms with E-state index >= 15 is 0 Å². The van der Waals surface area contributed by atoms with E-state index in [1.165, 1.54) is 18.3 Å². The van der Waals surface area contributed by atoms with E-state index in [0.29, 0.717) is 38.3 Å². The van der Waals surface area contributed by atoms with Gasteiger partial charge in [-0.15, -0.1) is 11.3 Å². The van der Waals surface area contributed by atoms with Gasteiger partial charge in [0.2, 0.25) is 5.91 Å². The van der Waals surface area contributed by atoms with Crippen molar-refractivity contribution in [3.8, 4) is 0 Å². The number of aliphatic imine (C=N–C) groups is 1. The molecule has 182 valence electrons. The highest BCUT2D eigenvalue weighted by Gasteiger charge is 2.44. The fraction of sp³-hybridized carbons (Fsp3) is 0.667. The molecule has 3 aliphatic heterocycles. The summed E-state index contributed by atoms with van der Waals surface area (Å²) in [6.07, 6.45) is 0.551. The molecule has 0 saturated carbocycles. The quantitative estimate of drug-likeness (QED) is 0.632. The van der Waals surface area contributed by atoms with E-state index in [2.05, 4.69) is 9.98 Å². The Morgan fingerprint density at radius 3 is 2.48 bits per heavy atom. The van der Waals surface area contributed by atoms with Crippen LogP contribution in [0.1, 0.15) is 35.7 Å². The number of piperazine rings is 1. The van der Waals surface area contributed by atoms with Crippen LogP contribution in [0, 0.1) is 24.7 Å². The molecule has 4 heterocycles. The van der Waals surface area contributed by atoms with E-state index in [9.17, 15) is 26.4 Å². The van der Waals surface area contributed by atoms with Crippen molar-refractivity contribution in [3.63, 3.8) is 0 Å². The van der Waals surface area contributed by atoms with Gasteiger partial charge in [0.05, 0.1) is 17.4 Å². The number of carbonyl (C=O) groups is 1. The van der Waals surface area contributed by atoms with Crippen LogP contribution in [-0.2, 0) is 14.6 Å². The summed E-state index contributed by atoms with van der Waals surface area (Å²) >= 11 is 1.48. The zero-order valence-electron chi connectivity index (χ0n) is 18.5. The minimum atomic E-state index is -4.34. The number of hydrogen-bond donors (Lipinski definition) is 0. The summed E-state index contributed by atoms with van der Waals surface area (Å²) in [6.45, 7) is 4.63. The van der Waals surface area contributed by atoms with Crippen LogP contribution in [-0.4, -0.2) is 72.6 Å². The van der Waals surface area contributed by atoms with E-state index in [4.69, 9.17) is 0 Å². The number of halogens is 3. The second-order valence-corrected chi connectivity index (χ2v) is 12.5. The number of aryl methyl sites for hydroxylation is 1. The molecular formula is C21H27F3N4O3S2. The van der Waals surface area contributed by atoms with Crippen LogP contribution in [0.15, 0.2) is 23.1 Å². The summed E-state index contributed by atoms with van der Waals surface area (Å²) in [5.74, 6) is -2.24. The second-order valence-electron chi connectivity index (χ2n) is 8.96. The fourth-order valence-corrected chi connectivity index (χ4v) is 6.98. The highest BCUT2D eigenvalue weighted by molar-refractivity contribution is 7.91. The van der Waals surface area contributed by atoms with Crippen LogP contribution in [0.25, 0.3) is 0 Å². The average Bonchev–Trinajstić information content (AvgIpc) is 3.18.